The number of carbonyl (C=O) groups is 2. The minimum atomic E-state index is -0.159. The minimum absolute atomic E-state index is 0.0337. The Morgan fingerprint density at radius 3 is 1.24 bits per heavy atom. The fourth-order valence-corrected chi connectivity index (χ4v) is 11.0. The zero-order valence-corrected chi connectivity index (χ0v) is 43.7. The summed E-state index contributed by atoms with van der Waals surface area (Å²) >= 11 is 0. The Labute approximate surface area is 445 Å². The predicted octanol–water partition coefficient (Wildman–Crippen LogP) is 8.27. The average Bonchev–Trinajstić information content (AvgIpc) is 3.49. The topological polar surface area (TPSA) is 164 Å². The van der Waals surface area contributed by atoms with Crippen LogP contribution in [0.2, 0.25) is 0 Å². The number of hydrogen-bond donors (Lipinski definition) is 0. The second kappa shape index (κ2) is 23.2. The number of pyridine rings is 2. The number of carbonyl (C=O) groups excluding carboxylic acids is 2. The molecule has 2 amide bonds. The van der Waals surface area contributed by atoms with Crippen LogP contribution >= 0.6 is 0 Å². The van der Waals surface area contributed by atoms with Crippen LogP contribution in [-0.2, 0) is 0 Å². The fraction of sp³-hybridized carbons (Fsp3) is 0.367. The third-order valence-corrected chi connectivity index (χ3v) is 15.0. The van der Waals surface area contributed by atoms with Crippen LogP contribution in [-0.4, -0.2) is 136 Å². The molecule has 6 heterocycles. The maximum absolute atomic E-state index is 14.0. The van der Waals surface area contributed by atoms with Gasteiger partial charge in [0.05, 0.1) is 34.6 Å². The van der Waals surface area contributed by atoms with Gasteiger partial charge in [-0.25, -0.2) is 9.97 Å². The molecule has 0 saturated carbocycles. The lowest BCUT2D eigenvalue weighted by atomic mass is 9.80. The highest BCUT2D eigenvalue weighted by molar-refractivity contribution is 6.06. The number of ether oxygens (including phenoxy) is 4. The molecule has 3 atom stereocenters. The Kier molecular flexibility index (Phi) is 15.6. The van der Waals surface area contributed by atoms with Crippen molar-refractivity contribution in [1.82, 2.24) is 19.8 Å². The van der Waals surface area contributed by atoms with Gasteiger partial charge in [-0.2, -0.15) is 10.5 Å². The minimum Gasteiger partial charge on any atom is -0.486 e. The molecule has 0 N–H and O–H groups in total. The number of benzene rings is 4. The molecule has 16 heteroatoms. The molecule has 76 heavy (non-hydrogen) atoms. The molecule has 2 saturated heterocycles. The van der Waals surface area contributed by atoms with Gasteiger partial charge < -0.3 is 28.7 Å². The number of nitrogens with zero attached hydrogens (tertiary/aromatic N) is 10. The van der Waals surface area contributed by atoms with Gasteiger partial charge in [-0.1, -0.05) is 38.1 Å². The smallest absolute Gasteiger partial charge is 0.259 e. The van der Waals surface area contributed by atoms with Crippen molar-refractivity contribution in [2.24, 2.45) is 5.92 Å². The Hall–Kier alpha value is -8.18. The first kappa shape index (κ1) is 51.3. The molecule has 2 fully saturated rings. The molecule has 0 spiro atoms. The van der Waals surface area contributed by atoms with Crippen LogP contribution in [0, 0.1) is 28.6 Å². The zero-order chi connectivity index (χ0) is 52.7. The predicted molar refractivity (Wildman–Crippen MR) is 292 cm³/mol. The summed E-state index contributed by atoms with van der Waals surface area (Å²) in [5, 5.41) is 18.7. The Morgan fingerprint density at radius 2 is 0.895 bits per heavy atom. The van der Waals surface area contributed by atoms with E-state index in [9.17, 15) is 20.1 Å². The van der Waals surface area contributed by atoms with Crippen LogP contribution in [0.4, 0.5) is 23.0 Å². The summed E-state index contributed by atoms with van der Waals surface area (Å²) in [4.78, 5) is 50.1. The zero-order valence-electron chi connectivity index (χ0n) is 43.7. The summed E-state index contributed by atoms with van der Waals surface area (Å²) in [6, 6.07) is 37.8. The quantitative estimate of drug-likeness (QED) is 0.0966. The number of piperazine rings is 2. The van der Waals surface area contributed by atoms with E-state index in [1.165, 1.54) is 0 Å². The summed E-state index contributed by atoms with van der Waals surface area (Å²) in [6.45, 7) is 17.7. The molecule has 2 aromatic heterocycles. The molecule has 1 unspecified atom stereocenters. The maximum atomic E-state index is 14.0. The van der Waals surface area contributed by atoms with Gasteiger partial charge in [0.15, 0.2) is 23.0 Å². The summed E-state index contributed by atoms with van der Waals surface area (Å²) in [7, 11) is 0. The van der Waals surface area contributed by atoms with Crippen LogP contribution in [0.1, 0.15) is 76.6 Å². The van der Waals surface area contributed by atoms with Crippen LogP contribution < -0.4 is 38.5 Å². The fourth-order valence-electron chi connectivity index (χ4n) is 11.0. The van der Waals surface area contributed by atoms with Crippen molar-refractivity contribution in [2.75, 3.05) is 111 Å². The largest absolute Gasteiger partial charge is 0.486 e. The normalized spacial score (nSPS) is 16.7. The molecule has 4 aromatic carbocycles. The van der Waals surface area contributed by atoms with Gasteiger partial charge in [-0.3, -0.25) is 29.2 Å². The van der Waals surface area contributed by atoms with E-state index in [1.807, 2.05) is 36.4 Å². The number of anilines is 4. The lowest BCUT2D eigenvalue weighted by molar-refractivity contribution is 0.0966. The highest BCUT2D eigenvalue weighted by Crippen LogP contribution is 2.53. The lowest BCUT2D eigenvalue weighted by Crippen LogP contribution is -2.53. The molecule has 6 aromatic rings. The molecule has 0 radical (unpaired) electrons. The standard InChI is InChI=1S/C60H64N10O6/c1-41(2)54(48-19-21-50(57-55(48)73-33-35-75-57)67-29-25-65(26-30-67)42(3)39-69(52-9-5-7-23-63-52)59(71)46-15-11-44(37-61)12-16-46)49-20-22-51(58-56(49)74-34-36-76-58)68-31-27-66(28-32-68)43(4)40-70(53-10-6-8-24-64-53)60(72)47-17-13-45(38-62)14-18-47/h5-24,41-43,54H,25-36,39-40H2,1-4H3/t42-,43+,54?. The summed E-state index contributed by atoms with van der Waals surface area (Å²) < 4.78 is 26.3. The first-order valence-electron chi connectivity index (χ1n) is 26.4. The Morgan fingerprint density at radius 1 is 0.513 bits per heavy atom. The summed E-state index contributed by atoms with van der Waals surface area (Å²) in [5.41, 5.74) is 6.13. The monoisotopic (exact) mass is 1020 g/mol. The number of rotatable bonds is 15. The van der Waals surface area contributed by atoms with Crippen LogP contribution in [0.3, 0.4) is 0 Å². The van der Waals surface area contributed by atoms with Crippen molar-refractivity contribution in [2.45, 2.75) is 45.7 Å². The average molecular weight is 1020 g/mol. The molecule has 390 valence electrons. The third kappa shape index (κ3) is 10.8. The van der Waals surface area contributed by atoms with E-state index in [-0.39, 0.29) is 35.7 Å². The van der Waals surface area contributed by atoms with Gasteiger partial charge in [-0.05, 0) is 105 Å². The van der Waals surface area contributed by atoms with Crippen molar-refractivity contribution >= 4 is 34.8 Å². The lowest BCUT2D eigenvalue weighted by Gasteiger charge is -2.41. The van der Waals surface area contributed by atoms with Crippen molar-refractivity contribution in [3.8, 4) is 35.1 Å². The molecular weight excluding hydrogens is 957 g/mol. The molecule has 4 aliphatic rings. The van der Waals surface area contributed by atoms with Crippen molar-refractivity contribution < 1.29 is 28.5 Å². The van der Waals surface area contributed by atoms with E-state index in [1.54, 1.807) is 70.7 Å². The first-order chi connectivity index (χ1) is 37.1. The summed E-state index contributed by atoms with van der Waals surface area (Å²) in [5.74, 6) is 4.00. The third-order valence-electron chi connectivity index (χ3n) is 15.0. The van der Waals surface area contributed by atoms with E-state index in [0.717, 1.165) is 97.9 Å². The van der Waals surface area contributed by atoms with E-state index in [2.05, 4.69) is 93.7 Å². The number of amides is 2. The van der Waals surface area contributed by atoms with E-state index < -0.39 is 0 Å². The highest BCUT2D eigenvalue weighted by Gasteiger charge is 2.36. The van der Waals surface area contributed by atoms with Gasteiger partial charge in [0.2, 0.25) is 0 Å². The van der Waals surface area contributed by atoms with Crippen molar-refractivity contribution in [1.29, 1.82) is 10.5 Å². The Bertz CT molecular complexity index is 2870. The molecule has 4 aliphatic heterocycles. The molecule has 10 rings (SSSR count). The van der Waals surface area contributed by atoms with Crippen LogP contribution in [0.25, 0.3) is 0 Å². The first-order valence-corrected chi connectivity index (χ1v) is 26.4. The number of hydrogen-bond acceptors (Lipinski definition) is 14. The van der Waals surface area contributed by atoms with Gasteiger partial charge in [0.1, 0.15) is 38.1 Å². The van der Waals surface area contributed by atoms with E-state index in [0.29, 0.717) is 73.4 Å². The van der Waals surface area contributed by atoms with Crippen molar-refractivity contribution in [3.05, 3.63) is 155 Å². The molecule has 16 nitrogen and oxygen atoms in total. The number of nitriles is 2. The molecular formula is C60H64N10O6. The van der Waals surface area contributed by atoms with Gasteiger partial charge in [0, 0.05) is 118 Å². The van der Waals surface area contributed by atoms with Gasteiger partial charge in [-0.15, -0.1) is 0 Å². The van der Waals surface area contributed by atoms with E-state index >= 15 is 0 Å². The molecule has 0 bridgehead atoms. The SMILES string of the molecule is CC(C)C(c1ccc(N2CCN([C@H](C)CN(C(=O)c3ccc(C#N)cc3)c3ccccn3)CC2)c2c1OCCO2)c1ccc(N2CCN([C@@H](C)CN(C(=O)c3ccc(C#N)cc3)c3ccccn3)CC2)c2c1OCCO2. The van der Waals surface area contributed by atoms with Crippen LogP contribution in [0.15, 0.2) is 122 Å². The van der Waals surface area contributed by atoms with Crippen LogP contribution in [0.5, 0.6) is 23.0 Å². The maximum Gasteiger partial charge on any atom is 0.259 e. The number of aromatic nitrogens is 2. The highest BCUT2D eigenvalue weighted by atomic mass is 16.6. The van der Waals surface area contributed by atoms with Gasteiger partial charge in [0.25, 0.3) is 11.8 Å². The van der Waals surface area contributed by atoms with Crippen molar-refractivity contribution in [3.63, 3.8) is 0 Å². The molecule has 0 aliphatic carbocycles. The van der Waals surface area contributed by atoms with Gasteiger partial charge >= 0.3 is 0 Å². The second-order valence-electron chi connectivity index (χ2n) is 20.1. The summed E-state index contributed by atoms with van der Waals surface area (Å²) in [6.07, 6.45) is 3.40. The van der Waals surface area contributed by atoms with E-state index in [4.69, 9.17) is 18.9 Å². The second-order valence-corrected chi connectivity index (χ2v) is 20.1. The Balaban J connectivity index is 0.829. The number of fused-ring (bicyclic) bond motifs is 2.